The van der Waals surface area contributed by atoms with Crippen LogP contribution in [0.15, 0.2) is 30.3 Å². The number of rotatable bonds is 6. The number of nitrogens with zero attached hydrogens (tertiary/aromatic N) is 1. The van der Waals surface area contributed by atoms with Gasteiger partial charge in [-0.15, -0.1) is 0 Å². The van der Waals surface area contributed by atoms with E-state index in [-0.39, 0.29) is 5.54 Å². The van der Waals surface area contributed by atoms with Crippen molar-refractivity contribution in [2.75, 3.05) is 18.0 Å². The van der Waals surface area contributed by atoms with E-state index in [0.29, 0.717) is 0 Å². The van der Waals surface area contributed by atoms with Crippen molar-refractivity contribution >= 4 is 5.69 Å². The molecule has 2 N–H and O–H groups in total. The molecule has 1 saturated carbocycles. The first-order valence-electron chi connectivity index (χ1n) is 7.32. The van der Waals surface area contributed by atoms with Crippen molar-refractivity contribution < 1.29 is 0 Å². The Kier molecular flexibility index (Phi) is 4.65. The summed E-state index contributed by atoms with van der Waals surface area (Å²) < 4.78 is 0. The van der Waals surface area contributed by atoms with Crippen molar-refractivity contribution in [1.82, 2.24) is 0 Å². The third-order valence-corrected chi connectivity index (χ3v) is 4.01. The highest BCUT2D eigenvalue weighted by atomic mass is 15.2. The first-order valence-corrected chi connectivity index (χ1v) is 7.32. The van der Waals surface area contributed by atoms with E-state index in [0.717, 1.165) is 13.1 Å². The van der Waals surface area contributed by atoms with Gasteiger partial charge >= 0.3 is 0 Å². The highest BCUT2D eigenvalue weighted by molar-refractivity contribution is 5.46. The highest BCUT2D eigenvalue weighted by Gasteiger charge is 2.31. The minimum Gasteiger partial charge on any atom is -0.370 e. The average Bonchev–Trinajstić information content (AvgIpc) is 2.82. The van der Waals surface area contributed by atoms with E-state index in [1.165, 1.54) is 44.2 Å². The summed E-state index contributed by atoms with van der Waals surface area (Å²) in [5.74, 6) is 0. The quantitative estimate of drug-likeness (QED) is 0.831. The van der Waals surface area contributed by atoms with Gasteiger partial charge in [0, 0.05) is 24.3 Å². The van der Waals surface area contributed by atoms with Crippen molar-refractivity contribution in [3.05, 3.63) is 30.3 Å². The number of hydrogen-bond donors (Lipinski definition) is 1. The van der Waals surface area contributed by atoms with Crippen LogP contribution in [-0.2, 0) is 0 Å². The SMILES string of the molecule is CCCCN(CC1(N)CCCC1)c1ccccc1. The van der Waals surface area contributed by atoms with Gasteiger partial charge in [0.1, 0.15) is 0 Å². The third-order valence-electron chi connectivity index (χ3n) is 4.01. The maximum atomic E-state index is 6.53. The lowest BCUT2D eigenvalue weighted by molar-refractivity contribution is 0.431. The van der Waals surface area contributed by atoms with Crippen LogP contribution in [0.1, 0.15) is 45.4 Å². The zero-order valence-corrected chi connectivity index (χ0v) is 11.6. The topological polar surface area (TPSA) is 29.3 Å². The lowest BCUT2D eigenvalue weighted by atomic mass is 9.98. The predicted molar refractivity (Wildman–Crippen MR) is 78.9 cm³/mol. The molecular weight excluding hydrogens is 220 g/mol. The first kappa shape index (κ1) is 13.4. The molecular formula is C16H26N2. The molecule has 1 fully saturated rings. The first-order chi connectivity index (χ1) is 8.73. The maximum absolute atomic E-state index is 6.53. The van der Waals surface area contributed by atoms with Crippen LogP contribution < -0.4 is 10.6 Å². The van der Waals surface area contributed by atoms with Crippen LogP contribution in [0.4, 0.5) is 5.69 Å². The summed E-state index contributed by atoms with van der Waals surface area (Å²) >= 11 is 0. The second kappa shape index (κ2) is 6.24. The van der Waals surface area contributed by atoms with E-state index in [4.69, 9.17) is 5.73 Å². The molecule has 2 rings (SSSR count). The fourth-order valence-electron chi connectivity index (χ4n) is 2.90. The van der Waals surface area contributed by atoms with Crippen LogP contribution in [0, 0.1) is 0 Å². The van der Waals surface area contributed by atoms with Gasteiger partial charge in [-0.2, -0.15) is 0 Å². The largest absolute Gasteiger partial charge is 0.370 e. The lowest BCUT2D eigenvalue weighted by Gasteiger charge is -2.34. The fourth-order valence-corrected chi connectivity index (χ4v) is 2.90. The normalized spacial score (nSPS) is 17.9. The van der Waals surface area contributed by atoms with Crippen LogP contribution >= 0.6 is 0 Å². The van der Waals surface area contributed by atoms with Gasteiger partial charge in [0.15, 0.2) is 0 Å². The van der Waals surface area contributed by atoms with Crippen LogP contribution in [-0.4, -0.2) is 18.6 Å². The van der Waals surface area contributed by atoms with E-state index in [1.54, 1.807) is 0 Å². The average molecular weight is 246 g/mol. The van der Waals surface area contributed by atoms with Crippen molar-refractivity contribution in [1.29, 1.82) is 0 Å². The number of para-hydroxylation sites is 1. The Balaban J connectivity index is 2.05. The van der Waals surface area contributed by atoms with Gasteiger partial charge in [0.25, 0.3) is 0 Å². The van der Waals surface area contributed by atoms with E-state index in [1.807, 2.05) is 0 Å². The van der Waals surface area contributed by atoms with Gasteiger partial charge in [-0.05, 0) is 31.4 Å². The minimum atomic E-state index is 0.0452. The maximum Gasteiger partial charge on any atom is 0.0366 e. The molecule has 2 heteroatoms. The summed E-state index contributed by atoms with van der Waals surface area (Å²) in [4.78, 5) is 2.48. The van der Waals surface area contributed by atoms with Gasteiger partial charge in [-0.1, -0.05) is 44.4 Å². The molecule has 0 amide bonds. The zero-order valence-electron chi connectivity index (χ0n) is 11.6. The summed E-state index contributed by atoms with van der Waals surface area (Å²) in [5.41, 5.74) is 7.89. The Morgan fingerprint density at radius 2 is 1.83 bits per heavy atom. The molecule has 2 nitrogen and oxygen atoms in total. The molecule has 0 spiro atoms. The van der Waals surface area contributed by atoms with Gasteiger partial charge in [-0.3, -0.25) is 0 Å². The summed E-state index contributed by atoms with van der Waals surface area (Å²) in [7, 11) is 0. The molecule has 18 heavy (non-hydrogen) atoms. The van der Waals surface area contributed by atoms with Crippen LogP contribution in [0.3, 0.4) is 0 Å². The standard InChI is InChI=1S/C16H26N2/c1-2-3-13-18(15-9-5-4-6-10-15)14-16(17)11-7-8-12-16/h4-6,9-10H,2-3,7-8,11-14,17H2,1H3. The highest BCUT2D eigenvalue weighted by Crippen LogP contribution is 2.29. The molecule has 0 unspecified atom stereocenters. The smallest absolute Gasteiger partial charge is 0.0366 e. The monoisotopic (exact) mass is 246 g/mol. The third kappa shape index (κ3) is 3.49. The van der Waals surface area contributed by atoms with Crippen LogP contribution in [0.2, 0.25) is 0 Å². The van der Waals surface area contributed by atoms with Crippen LogP contribution in [0.5, 0.6) is 0 Å². The molecule has 1 aromatic carbocycles. The van der Waals surface area contributed by atoms with Gasteiger partial charge < -0.3 is 10.6 Å². The molecule has 100 valence electrons. The number of unbranched alkanes of at least 4 members (excludes halogenated alkanes) is 1. The number of anilines is 1. The van der Waals surface area contributed by atoms with E-state index in [2.05, 4.69) is 42.2 Å². The Hall–Kier alpha value is -1.02. The Bertz CT molecular complexity index is 341. The second-order valence-corrected chi connectivity index (χ2v) is 5.68. The lowest BCUT2D eigenvalue weighted by Crippen LogP contribution is -2.48. The number of hydrogen-bond acceptors (Lipinski definition) is 2. The van der Waals surface area contributed by atoms with Gasteiger partial charge in [0.05, 0.1) is 0 Å². The van der Waals surface area contributed by atoms with Gasteiger partial charge in [-0.25, -0.2) is 0 Å². The molecule has 0 aliphatic heterocycles. The minimum absolute atomic E-state index is 0.0452. The molecule has 1 aliphatic carbocycles. The van der Waals surface area contributed by atoms with Crippen molar-refractivity contribution in [3.63, 3.8) is 0 Å². The fraction of sp³-hybridized carbons (Fsp3) is 0.625. The van der Waals surface area contributed by atoms with E-state index >= 15 is 0 Å². The van der Waals surface area contributed by atoms with Gasteiger partial charge in [0.2, 0.25) is 0 Å². The zero-order chi connectivity index (χ0) is 12.8. The summed E-state index contributed by atoms with van der Waals surface area (Å²) in [6.45, 7) is 4.38. The summed E-state index contributed by atoms with van der Waals surface area (Å²) in [6, 6.07) is 10.7. The molecule has 1 aliphatic rings. The van der Waals surface area contributed by atoms with Crippen molar-refractivity contribution in [2.24, 2.45) is 5.73 Å². The molecule has 0 bridgehead atoms. The molecule has 0 heterocycles. The molecule has 0 atom stereocenters. The Morgan fingerprint density at radius 1 is 1.17 bits per heavy atom. The van der Waals surface area contributed by atoms with Crippen molar-refractivity contribution in [2.45, 2.75) is 51.0 Å². The molecule has 0 radical (unpaired) electrons. The summed E-state index contributed by atoms with van der Waals surface area (Å²) in [5, 5.41) is 0. The van der Waals surface area contributed by atoms with Crippen LogP contribution in [0.25, 0.3) is 0 Å². The second-order valence-electron chi connectivity index (χ2n) is 5.68. The predicted octanol–water partition coefficient (Wildman–Crippen LogP) is 3.56. The Labute approximate surface area is 111 Å². The molecule has 1 aromatic rings. The van der Waals surface area contributed by atoms with E-state index in [9.17, 15) is 0 Å². The summed E-state index contributed by atoms with van der Waals surface area (Å²) in [6.07, 6.45) is 7.44. The molecule has 0 saturated heterocycles. The Morgan fingerprint density at radius 3 is 2.44 bits per heavy atom. The number of nitrogens with two attached hydrogens (primary N) is 1. The van der Waals surface area contributed by atoms with E-state index < -0.39 is 0 Å². The number of benzene rings is 1. The van der Waals surface area contributed by atoms with Crippen molar-refractivity contribution in [3.8, 4) is 0 Å². The molecule has 0 aromatic heterocycles.